The molecule has 0 saturated carbocycles. The predicted molar refractivity (Wildman–Crippen MR) is 46.1 cm³/mol. The quantitative estimate of drug-likeness (QED) is 0.527. The van der Waals surface area contributed by atoms with Crippen LogP contribution < -0.4 is 0 Å². The molecule has 0 aliphatic heterocycles. The molecule has 0 saturated heterocycles. The van der Waals surface area contributed by atoms with Gasteiger partial charge in [0.25, 0.3) is 0 Å². The van der Waals surface area contributed by atoms with E-state index in [1.807, 2.05) is 0 Å². The summed E-state index contributed by atoms with van der Waals surface area (Å²) in [5.74, 6) is 6.25. The van der Waals surface area contributed by atoms with E-state index in [2.05, 4.69) is 11.8 Å². The fraction of sp³-hybridized carbons (Fsp3) is 0.800. The third kappa shape index (κ3) is 4.06. The van der Waals surface area contributed by atoms with E-state index < -0.39 is 0 Å². The molecule has 1 heteroatoms. The largest absolute Gasteiger partial charge is 0.393 e. The standard InChI is InChI=1S/C10H16O/c11-10-8-6-4-2-1-3-5-7-9-10/h10-11H,2,4-9H2. The molecule has 1 aliphatic carbocycles. The molecule has 1 nitrogen and oxygen atoms in total. The maximum Gasteiger partial charge on any atom is 0.0540 e. The highest BCUT2D eigenvalue weighted by Crippen LogP contribution is 2.10. The van der Waals surface area contributed by atoms with E-state index >= 15 is 0 Å². The monoisotopic (exact) mass is 152 g/mol. The average molecular weight is 152 g/mol. The van der Waals surface area contributed by atoms with Crippen molar-refractivity contribution in [2.45, 2.75) is 51.0 Å². The van der Waals surface area contributed by atoms with Gasteiger partial charge in [-0.2, -0.15) is 0 Å². The molecular formula is C10H16O. The zero-order valence-corrected chi connectivity index (χ0v) is 6.97. The van der Waals surface area contributed by atoms with Crippen LogP contribution in [-0.4, -0.2) is 11.2 Å². The van der Waals surface area contributed by atoms with Crippen molar-refractivity contribution in [3.63, 3.8) is 0 Å². The summed E-state index contributed by atoms with van der Waals surface area (Å²) in [4.78, 5) is 0. The minimum Gasteiger partial charge on any atom is -0.393 e. The second-order valence-electron chi connectivity index (χ2n) is 3.15. The summed E-state index contributed by atoms with van der Waals surface area (Å²) in [5, 5.41) is 9.38. The summed E-state index contributed by atoms with van der Waals surface area (Å²) in [7, 11) is 0. The summed E-state index contributed by atoms with van der Waals surface area (Å²) in [5.41, 5.74) is 0. The van der Waals surface area contributed by atoms with Gasteiger partial charge in [0.05, 0.1) is 6.10 Å². The van der Waals surface area contributed by atoms with Crippen LogP contribution in [0.3, 0.4) is 0 Å². The van der Waals surface area contributed by atoms with E-state index in [9.17, 15) is 5.11 Å². The van der Waals surface area contributed by atoms with E-state index in [1.165, 1.54) is 0 Å². The van der Waals surface area contributed by atoms with Gasteiger partial charge in [0, 0.05) is 12.8 Å². The molecule has 1 rings (SSSR count). The number of hydrogen-bond acceptors (Lipinski definition) is 1. The Labute approximate surface area is 68.8 Å². The molecule has 0 spiro atoms. The van der Waals surface area contributed by atoms with Gasteiger partial charge >= 0.3 is 0 Å². The van der Waals surface area contributed by atoms with Gasteiger partial charge < -0.3 is 5.11 Å². The predicted octanol–water partition coefficient (Wildman–Crippen LogP) is 2.09. The Morgan fingerprint density at radius 1 is 0.909 bits per heavy atom. The molecular weight excluding hydrogens is 136 g/mol. The smallest absolute Gasteiger partial charge is 0.0540 e. The Hall–Kier alpha value is -0.480. The maximum absolute atomic E-state index is 9.38. The Morgan fingerprint density at radius 2 is 1.55 bits per heavy atom. The first-order chi connectivity index (χ1) is 5.39. The van der Waals surface area contributed by atoms with Crippen molar-refractivity contribution in [3.8, 4) is 11.8 Å². The van der Waals surface area contributed by atoms with E-state index in [0.717, 1.165) is 44.9 Å². The minimum absolute atomic E-state index is 0.0603. The van der Waals surface area contributed by atoms with Gasteiger partial charge in [-0.05, 0) is 32.1 Å². The van der Waals surface area contributed by atoms with E-state index in [0.29, 0.717) is 0 Å². The number of aliphatic hydroxyl groups excluding tert-OH is 1. The summed E-state index contributed by atoms with van der Waals surface area (Å²) in [6.07, 6.45) is 7.20. The van der Waals surface area contributed by atoms with Gasteiger partial charge in [0.2, 0.25) is 0 Å². The van der Waals surface area contributed by atoms with E-state index in [1.54, 1.807) is 0 Å². The van der Waals surface area contributed by atoms with Crippen molar-refractivity contribution in [3.05, 3.63) is 0 Å². The first-order valence-electron chi connectivity index (χ1n) is 4.53. The molecule has 11 heavy (non-hydrogen) atoms. The summed E-state index contributed by atoms with van der Waals surface area (Å²) in [6.45, 7) is 0. The zero-order chi connectivity index (χ0) is 7.94. The molecule has 0 aromatic heterocycles. The molecule has 0 aromatic rings. The second-order valence-corrected chi connectivity index (χ2v) is 3.15. The second kappa shape index (κ2) is 5.21. The van der Waals surface area contributed by atoms with Crippen LogP contribution in [0.25, 0.3) is 0 Å². The molecule has 0 radical (unpaired) electrons. The lowest BCUT2D eigenvalue weighted by Gasteiger charge is -2.08. The fourth-order valence-electron chi connectivity index (χ4n) is 1.34. The Balaban J connectivity index is 2.27. The van der Waals surface area contributed by atoms with Crippen LogP contribution in [0, 0.1) is 11.8 Å². The van der Waals surface area contributed by atoms with Crippen LogP contribution in [0.5, 0.6) is 0 Å². The number of aliphatic hydroxyl groups is 1. The van der Waals surface area contributed by atoms with Crippen molar-refractivity contribution < 1.29 is 5.11 Å². The first-order valence-corrected chi connectivity index (χ1v) is 4.53. The van der Waals surface area contributed by atoms with Gasteiger partial charge in [-0.3, -0.25) is 0 Å². The third-order valence-corrected chi connectivity index (χ3v) is 2.05. The van der Waals surface area contributed by atoms with E-state index in [4.69, 9.17) is 0 Å². The molecule has 0 heterocycles. The van der Waals surface area contributed by atoms with Crippen molar-refractivity contribution in [1.29, 1.82) is 0 Å². The Morgan fingerprint density at radius 3 is 2.36 bits per heavy atom. The van der Waals surface area contributed by atoms with E-state index in [-0.39, 0.29) is 6.10 Å². The highest BCUT2D eigenvalue weighted by molar-refractivity contribution is 4.98. The molecule has 0 amide bonds. The molecule has 1 atom stereocenters. The first kappa shape index (κ1) is 8.62. The highest BCUT2D eigenvalue weighted by atomic mass is 16.3. The van der Waals surface area contributed by atoms with Crippen LogP contribution in [0.15, 0.2) is 0 Å². The third-order valence-electron chi connectivity index (χ3n) is 2.05. The average Bonchev–Trinajstić information content (AvgIpc) is 2.03. The van der Waals surface area contributed by atoms with Gasteiger partial charge in [-0.15, -0.1) is 11.8 Å². The van der Waals surface area contributed by atoms with Gasteiger partial charge in [-0.1, -0.05) is 0 Å². The molecule has 0 bridgehead atoms. The van der Waals surface area contributed by atoms with Gasteiger partial charge in [0.1, 0.15) is 0 Å². The highest BCUT2D eigenvalue weighted by Gasteiger charge is 2.03. The molecule has 0 aromatic carbocycles. The van der Waals surface area contributed by atoms with Crippen LogP contribution in [0.4, 0.5) is 0 Å². The lowest BCUT2D eigenvalue weighted by molar-refractivity contribution is 0.149. The minimum atomic E-state index is -0.0603. The lowest BCUT2D eigenvalue weighted by atomic mass is 10.0. The van der Waals surface area contributed by atoms with Crippen molar-refractivity contribution in [2.24, 2.45) is 0 Å². The van der Waals surface area contributed by atoms with Gasteiger partial charge in [0.15, 0.2) is 0 Å². The van der Waals surface area contributed by atoms with Crippen LogP contribution in [-0.2, 0) is 0 Å². The number of hydrogen-bond donors (Lipinski definition) is 1. The SMILES string of the molecule is OC1CCCC#CCCCC1. The Bertz CT molecular complexity index is 152. The van der Waals surface area contributed by atoms with Crippen molar-refractivity contribution in [2.75, 3.05) is 0 Å². The van der Waals surface area contributed by atoms with Crippen molar-refractivity contribution in [1.82, 2.24) is 0 Å². The lowest BCUT2D eigenvalue weighted by Crippen LogP contribution is -2.06. The topological polar surface area (TPSA) is 20.2 Å². The van der Waals surface area contributed by atoms with Crippen LogP contribution >= 0.6 is 0 Å². The van der Waals surface area contributed by atoms with Gasteiger partial charge in [-0.25, -0.2) is 0 Å². The van der Waals surface area contributed by atoms with Crippen LogP contribution in [0.1, 0.15) is 44.9 Å². The maximum atomic E-state index is 9.38. The summed E-state index contributed by atoms with van der Waals surface area (Å²) in [6, 6.07) is 0. The number of rotatable bonds is 0. The summed E-state index contributed by atoms with van der Waals surface area (Å²) < 4.78 is 0. The van der Waals surface area contributed by atoms with Crippen molar-refractivity contribution >= 4 is 0 Å². The molecule has 1 aliphatic rings. The summed E-state index contributed by atoms with van der Waals surface area (Å²) >= 11 is 0. The zero-order valence-electron chi connectivity index (χ0n) is 6.97. The van der Waals surface area contributed by atoms with Crippen LogP contribution in [0.2, 0.25) is 0 Å². The molecule has 62 valence electrons. The fourth-order valence-corrected chi connectivity index (χ4v) is 1.34. The normalized spacial score (nSPS) is 26.8. The molecule has 1 unspecified atom stereocenters. The molecule has 0 fully saturated rings. The molecule has 1 N–H and O–H groups in total. The Kier molecular flexibility index (Phi) is 4.08.